The van der Waals surface area contributed by atoms with Crippen LogP contribution in [0.2, 0.25) is 0 Å². The van der Waals surface area contributed by atoms with Gasteiger partial charge in [0.2, 0.25) is 0 Å². The lowest BCUT2D eigenvalue weighted by Crippen LogP contribution is -2.46. The molecule has 16 heavy (non-hydrogen) atoms. The summed E-state index contributed by atoms with van der Waals surface area (Å²) in [6.07, 6.45) is 2.24. The topological polar surface area (TPSA) is 44.7 Å². The normalized spacial score (nSPS) is 23.6. The summed E-state index contributed by atoms with van der Waals surface area (Å²) < 4.78 is 5.45. The van der Waals surface area contributed by atoms with E-state index in [1.165, 1.54) is 0 Å². The molecule has 0 radical (unpaired) electrons. The highest BCUT2D eigenvalue weighted by Crippen LogP contribution is 2.09. The number of hydrogen-bond donors (Lipinski definition) is 2. The number of aliphatic hydroxyl groups is 1. The van der Waals surface area contributed by atoms with Crippen molar-refractivity contribution in [1.82, 2.24) is 10.2 Å². The second kappa shape index (κ2) is 8.01. The highest BCUT2D eigenvalue weighted by Gasteiger charge is 2.19. The minimum atomic E-state index is 0.249. The van der Waals surface area contributed by atoms with Crippen LogP contribution in [0.1, 0.15) is 26.7 Å². The van der Waals surface area contributed by atoms with Gasteiger partial charge < -0.3 is 15.2 Å². The summed E-state index contributed by atoms with van der Waals surface area (Å²) in [4.78, 5) is 2.36. The minimum Gasteiger partial charge on any atom is -0.395 e. The molecule has 4 nitrogen and oxygen atoms in total. The van der Waals surface area contributed by atoms with Crippen molar-refractivity contribution in [2.75, 3.05) is 39.5 Å². The molecule has 0 bridgehead atoms. The van der Waals surface area contributed by atoms with Crippen LogP contribution in [0.5, 0.6) is 0 Å². The van der Waals surface area contributed by atoms with E-state index < -0.39 is 0 Å². The van der Waals surface area contributed by atoms with Crippen LogP contribution >= 0.6 is 0 Å². The Bertz CT molecular complexity index is 166. The highest BCUT2D eigenvalue weighted by molar-refractivity contribution is 4.77. The first-order valence-electron chi connectivity index (χ1n) is 6.44. The first-order chi connectivity index (χ1) is 7.77. The average molecular weight is 230 g/mol. The maximum Gasteiger partial charge on any atom is 0.0620 e. The molecule has 1 heterocycles. The van der Waals surface area contributed by atoms with Crippen LogP contribution in [-0.4, -0.2) is 61.5 Å². The summed E-state index contributed by atoms with van der Waals surface area (Å²) in [5, 5.41) is 12.5. The van der Waals surface area contributed by atoms with Crippen LogP contribution in [0.25, 0.3) is 0 Å². The van der Waals surface area contributed by atoms with E-state index >= 15 is 0 Å². The second-order valence-corrected chi connectivity index (χ2v) is 4.57. The number of rotatable bonds is 7. The summed E-state index contributed by atoms with van der Waals surface area (Å²) >= 11 is 0. The molecule has 0 aromatic carbocycles. The minimum absolute atomic E-state index is 0.249. The first-order valence-corrected chi connectivity index (χ1v) is 6.44. The summed E-state index contributed by atoms with van der Waals surface area (Å²) in [6, 6.07) is 0.980. The largest absolute Gasteiger partial charge is 0.395 e. The lowest BCUT2D eigenvalue weighted by molar-refractivity contribution is 0.0594. The van der Waals surface area contributed by atoms with Crippen molar-refractivity contribution in [3.05, 3.63) is 0 Å². The third kappa shape index (κ3) is 4.78. The fourth-order valence-electron chi connectivity index (χ4n) is 2.30. The van der Waals surface area contributed by atoms with Gasteiger partial charge in [-0.15, -0.1) is 0 Å². The van der Waals surface area contributed by atoms with Gasteiger partial charge >= 0.3 is 0 Å². The maximum absolute atomic E-state index is 9.04. The third-order valence-electron chi connectivity index (χ3n) is 3.15. The molecule has 0 aromatic heterocycles. The molecule has 1 saturated heterocycles. The first kappa shape index (κ1) is 13.9. The Labute approximate surface area is 99.0 Å². The Morgan fingerprint density at radius 2 is 2.31 bits per heavy atom. The molecule has 2 unspecified atom stereocenters. The third-order valence-corrected chi connectivity index (χ3v) is 3.15. The van der Waals surface area contributed by atoms with E-state index in [0.29, 0.717) is 12.1 Å². The SMILES string of the molecule is CCCN(CCO)C(C)CC1COCCN1. The van der Waals surface area contributed by atoms with E-state index in [4.69, 9.17) is 9.84 Å². The maximum atomic E-state index is 9.04. The van der Waals surface area contributed by atoms with Gasteiger partial charge in [-0.3, -0.25) is 4.90 Å². The van der Waals surface area contributed by atoms with Crippen LogP contribution < -0.4 is 5.32 Å². The van der Waals surface area contributed by atoms with Crippen LogP contribution in [0.3, 0.4) is 0 Å². The fraction of sp³-hybridized carbons (Fsp3) is 1.00. The number of nitrogens with zero attached hydrogens (tertiary/aromatic N) is 1. The Kier molecular flexibility index (Phi) is 6.96. The molecule has 4 heteroatoms. The second-order valence-electron chi connectivity index (χ2n) is 4.57. The van der Waals surface area contributed by atoms with E-state index in [-0.39, 0.29) is 6.61 Å². The molecule has 96 valence electrons. The van der Waals surface area contributed by atoms with Crippen molar-refractivity contribution < 1.29 is 9.84 Å². The van der Waals surface area contributed by atoms with Crippen molar-refractivity contribution >= 4 is 0 Å². The molecule has 1 rings (SSSR count). The molecule has 2 atom stereocenters. The Morgan fingerprint density at radius 3 is 2.88 bits per heavy atom. The zero-order valence-electron chi connectivity index (χ0n) is 10.6. The summed E-state index contributed by atoms with van der Waals surface area (Å²) in [6.45, 7) is 9.13. The van der Waals surface area contributed by atoms with E-state index in [0.717, 1.165) is 45.7 Å². The molecule has 1 aliphatic heterocycles. The molecular weight excluding hydrogens is 204 g/mol. The van der Waals surface area contributed by atoms with Crippen LogP contribution in [0.15, 0.2) is 0 Å². The Hall–Kier alpha value is -0.160. The van der Waals surface area contributed by atoms with Crippen molar-refractivity contribution in [1.29, 1.82) is 0 Å². The predicted molar refractivity (Wildman–Crippen MR) is 65.6 cm³/mol. The number of hydrogen-bond acceptors (Lipinski definition) is 4. The molecule has 2 N–H and O–H groups in total. The van der Waals surface area contributed by atoms with Gasteiger partial charge in [0.1, 0.15) is 0 Å². The van der Waals surface area contributed by atoms with Crippen LogP contribution in [-0.2, 0) is 4.74 Å². The van der Waals surface area contributed by atoms with Gasteiger partial charge in [-0.25, -0.2) is 0 Å². The molecule has 0 aliphatic carbocycles. The molecule has 0 spiro atoms. The van der Waals surface area contributed by atoms with Gasteiger partial charge in [-0.1, -0.05) is 6.92 Å². The molecular formula is C12H26N2O2. The van der Waals surface area contributed by atoms with Crippen LogP contribution in [0, 0.1) is 0 Å². The van der Waals surface area contributed by atoms with E-state index in [1.807, 2.05) is 0 Å². The van der Waals surface area contributed by atoms with E-state index in [2.05, 4.69) is 24.1 Å². The van der Waals surface area contributed by atoms with E-state index in [1.54, 1.807) is 0 Å². The van der Waals surface area contributed by atoms with Gasteiger partial charge in [0.05, 0.1) is 19.8 Å². The molecule has 0 aromatic rings. The van der Waals surface area contributed by atoms with Gasteiger partial charge in [0, 0.05) is 25.2 Å². The lowest BCUT2D eigenvalue weighted by atomic mass is 10.1. The van der Waals surface area contributed by atoms with Crippen molar-refractivity contribution in [2.45, 2.75) is 38.8 Å². The van der Waals surface area contributed by atoms with Gasteiger partial charge in [-0.2, -0.15) is 0 Å². The zero-order chi connectivity index (χ0) is 11.8. The molecule has 0 saturated carbocycles. The summed E-state index contributed by atoms with van der Waals surface area (Å²) in [5.74, 6) is 0. The standard InChI is InChI=1S/C12H26N2O2/c1-3-5-14(6-7-15)11(2)9-12-10-16-8-4-13-12/h11-13,15H,3-10H2,1-2H3. The summed E-state index contributed by atoms with van der Waals surface area (Å²) in [5.41, 5.74) is 0. The van der Waals surface area contributed by atoms with Gasteiger partial charge in [-0.05, 0) is 26.3 Å². The molecule has 1 aliphatic rings. The monoisotopic (exact) mass is 230 g/mol. The fourth-order valence-corrected chi connectivity index (χ4v) is 2.30. The molecule has 1 fully saturated rings. The van der Waals surface area contributed by atoms with E-state index in [9.17, 15) is 0 Å². The van der Waals surface area contributed by atoms with Crippen LogP contribution in [0.4, 0.5) is 0 Å². The van der Waals surface area contributed by atoms with Crippen molar-refractivity contribution in [3.63, 3.8) is 0 Å². The Morgan fingerprint density at radius 1 is 1.50 bits per heavy atom. The predicted octanol–water partition coefficient (Wildman–Crippen LogP) is 0.458. The number of morpholine rings is 1. The zero-order valence-corrected chi connectivity index (χ0v) is 10.6. The Balaban J connectivity index is 2.31. The number of aliphatic hydroxyl groups excluding tert-OH is 1. The van der Waals surface area contributed by atoms with Crippen molar-refractivity contribution in [2.24, 2.45) is 0 Å². The highest BCUT2D eigenvalue weighted by atomic mass is 16.5. The number of ether oxygens (including phenoxy) is 1. The smallest absolute Gasteiger partial charge is 0.0620 e. The number of nitrogens with one attached hydrogen (secondary N) is 1. The average Bonchev–Trinajstić information content (AvgIpc) is 2.30. The van der Waals surface area contributed by atoms with Crippen molar-refractivity contribution in [3.8, 4) is 0 Å². The van der Waals surface area contributed by atoms with Gasteiger partial charge in [0.25, 0.3) is 0 Å². The summed E-state index contributed by atoms with van der Waals surface area (Å²) in [7, 11) is 0. The quantitative estimate of drug-likeness (QED) is 0.667. The molecule has 0 amide bonds. The van der Waals surface area contributed by atoms with Gasteiger partial charge in [0.15, 0.2) is 0 Å². The lowest BCUT2D eigenvalue weighted by Gasteiger charge is -2.32.